The lowest BCUT2D eigenvalue weighted by atomic mass is 10.0. The standard InChI is InChI=1S/C21H25N5O6/c1-23-19(28)8-9-32-18(10-13-11-24-16-5-3-2-4-15(13)16)20(29)26-17(21(30)31)7-6-14(27)12-25-22/h2-5,11-12,17-18,24H,6-10H2,1H3,(H,23,28)(H,26,29)(H,30,31)/t17-,18-/m0/s1. The molecule has 0 saturated heterocycles. The Hall–Kier alpha value is -3.82. The van der Waals surface area contributed by atoms with Crippen molar-refractivity contribution in [2.45, 2.75) is 37.8 Å². The third kappa shape index (κ3) is 7.15. The third-order valence-corrected chi connectivity index (χ3v) is 4.80. The molecule has 0 aliphatic heterocycles. The number of nitrogens with one attached hydrogen (secondary N) is 3. The Morgan fingerprint density at radius 1 is 1.25 bits per heavy atom. The number of rotatable bonds is 13. The van der Waals surface area contributed by atoms with Crippen LogP contribution in [0.25, 0.3) is 16.4 Å². The van der Waals surface area contributed by atoms with E-state index in [0.717, 1.165) is 16.5 Å². The van der Waals surface area contributed by atoms with Crippen LogP contribution in [0.3, 0.4) is 0 Å². The summed E-state index contributed by atoms with van der Waals surface area (Å²) in [5.41, 5.74) is 10.0. The molecular formula is C21H25N5O6. The second kappa shape index (κ2) is 12.1. The number of para-hydroxylation sites is 1. The quantitative estimate of drug-likeness (QED) is 0.199. The van der Waals surface area contributed by atoms with Crippen LogP contribution in [-0.4, -0.2) is 70.5 Å². The second-order valence-electron chi connectivity index (χ2n) is 7.00. The summed E-state index contributed by atoms with van der Waals surface area (Å²) in [6.45, 7) is -0.0384. The minimum absolute atomic E-state index is 0.0333. The molecule has 2 amide bonds. The average molecular weight is 443 g/mol. The van der Waals surface area contributed by atoms with Crippen LogP contribution in [0.4, 0.5) is 0 Å². The summed E-state index contributed by atoms with van der Waals surface area (Å²) in [7, 11) is 1.48. The molecule has 4 N–H and O–H groups in total. The maximum atomic E-state index is 12.9. The summed E-state index contributed by atoms with van der Waals surface area (Å²) in [6, 6.07) is 6.15. The molecule has 0 bridgehead atoms. The first-order chi connectivity index (χ1) is 15.3. The molecule has 1 aromatic carbocycles. The van der Waals surface area contributed by atoms with Crippen molar-refractivity contribution in [3.63, 3.8) is 0 Å². The number of carboxylic acid groups (broad SMARTS) is 1. The summed E-state index contributed by atoms with van der Waals surface area (Å²) in [5, 5.41) is 15.2. The highest BCUT2D eigenvalue weighted by Crippen LogP contribution is 2.20. The fourth-order valence-corrected chi connectivity index (χ4v) is 3.08. The van der Waals surface area contributed by atoms with Gasteiger partial charge in [-0.05, 0) is 18.1 Å². The van der Waals surface area contributed by atoms with Crippen molar-refractivity contribution in [3.8, 4) is 0 Å². The summed E-state index contributed by atoms with van der Waals surface area (Å²) in [4.78, 5) is 53.1. The molecule has 11 nitrogen and oxygen atoms in total. The number of benzene rings is 1. The summed E-state index contributed by atoms with van der Waals surface area (Å²) in [5.74, 6) is -2.83. The van der Waals surface area contributed by atoms with E-state index < -0.39 is 29.8 Å². The van der Waals surface area contributed by atoms with Gasteiger partial charge in [-0.25, -0.2) is 4.79 Å². The third-order valence-electron chi connectivity index (χ3n) is 4.80. The highest BCUT2D eigenvalue weighted by molar-refractivity contribution is 6.25. The summed E-state index contributed by atoms with van der Waals surface area (Å²) < 4.78 is 5.64. The number of carbonyl (C=O) groups excluding carboxylic acids is 3. The molecule has 1 aromatic heterocycles. The molecule has 1 heterocycles. The predicted octanol–water partition coefficient (Wildman–Crippen LogP) is 0.451. The number of H-pyrrole nitrogens is 1. The number of fused-ring (bicyclic) bond motifs is 1. The van der Waals surface area contributed by atoms with E-state index in [9.17, 15) is 24.3 Å². The van der Waals surface area contributed by atoms with Gasteiger partial charge >= 0.3 is 12.2 Å². The Balaban J connectivity index is 2.13. The number of carbonyl (C=O) groups is 4. The van der Waals surface area contributed by atoms with Crippen LogP contribution < -0.4 is 10.6 Å². The fourth-order valence-electron chi connectivity index (χ4n) is 3.08. The van der Waals surface area contributed by atoms with Gasteiger partial charge in [-0.1, -0.05) is 18.2 Å². The number of aromatic amines is 1. The first-order valence-corrected chi connectivity index (χ1v) is 9.96. The molecule has 11 heteroatoms. The van der Waals surface area contributed by atoms with E-state index in [1.54, 1.807) is 6.20 Å². The predicted molar refractivity (Wildman–Crippen MR) is 114 cm³/mol. The lowest BCUT2D eigenvalue weighted by Gasteiger charge is -2.20. The van der Waals surface area contributed by atoms with Crippen molar-refractivity contribution >= 4 is 40.7 Å². The van der Waals surface area contributed by atoms with E-state index >= 15 is 0 Å². The lowest BCUT2D eigenvalue weighted by molar-refractivity contribution is -0.144. The number of carboxylic acids is 1. The van der Waals surface area contributed by atoms with E-state index in [1.165, 1.54) is 7.05 Å². The Labute approximate surface area is 183 Å². The van der Waals surface area contributed by atoms with E-state index in [0.29, 0.717) is 6.21 Å². The van der Waals surface area contributed by atoms with Crippen LogP contribution in [0.15, 0.2) is 30.5 Å². The van der Waals surface area contributed by atoms with Gasteiger partial charge in [0.2, 0.25) is 17.6 Å². The van der Waals surface area contributed by atoms with Crippen LogP contribution in [0.1, 0.15) is 24.8 Å². The minimum Gasteiger partial charge on any atom is -0.480 e. The molecule has 32 heavy (non-hydrogen) atoms. The van der Waals surface area contributed by atoms with Gasteiger partial charge in [0.15, 0.2) is 0 Å². The maximum Gasteiger partial charge on any atom is 0.326 e. The topological polar surface area (TPSA) is 174 Å². The van der Waals surface area contributed by atoms with Crippen molar-refractivity contribution < 1.29 is 33.8 Å². The number of aliphatic carboxylic acids is 1. The van der Waals surface area contributed by atoms with E-state index in [-0.39, 0.29) is 38.2 Å². The molecule has 0 unspecified atom stereocenters. The van der Waals surface area contributed by atoms with Crippen molar-refractivity contribution in [1.29, 1.82) is 0 Å². The van der Waals surface area contributed by atoms with Crippen LogP contribution in [0.2, 0.25) is 0 Å². The zero-order valence-electron chi connectivity index (χ0n) is 17.5. The van der Waals surface area contributed by atoms with Crippen LogP contribution >= 0.6 is 0 Å². The molecular weight excluding hydrogens is 418 g/mol. The van der Waals surface area contributed by atoms with Crippen molar-refractivity contribution in [3.05, 3.63) is 41.6 Å². The van der Waals surface area contributed by atoms with E-state index in [2.05, 4.69) is 20.4 Å². The number of hydrogen-bond donors (Lipinski definition) is 4. The molecule has 0 radical (unpaired) electrons. The first-order valence-electron chi connectivity index (χ1n) is 9.96. The monoisotopic (exact) mass is 443 g/mol. The average Bonchev–Trinajstić information content (AvgIpc) is 3.18. The maximum absolute atomic E-state index is 12.9. The molecule has 0 spiro atoms. The number of Topliss-reactive ketones (excluding diaryl/α,β-unsaturated/α-hetero) is 1. The summed E-state index contributed by atoms with van der Waals surface area (Å²) >= 11 is 0. The molecule has 170 valence electrons. The van der Waals surface area contributed by atoms with Gasteiger partial charge in [0, 0.05) is 43.4 Å². The minimum atomic E-state index is -1.34. The highest BCUT2D eigenvalue weighted by Gasteiger charge is 2.27. The van der Waals surface area contributed by atoms with Crippen molar-refractivity contribution in [2.75, 3.05) is 13.7 Å². The molecule has 2 atom stereocenters. The zero-order chi connectivity index (χ0) is 23.5. The molecule has 0 aliphatic carbocycles. The van der Waals surface area contributed by atoms with Crippen LogP contribution in [0, 0.1) is 0 Å². The number of nitrogens with zero attached hydrogens (tertiary/aromatic N) is 2. The van der Waals surface area contributed by atoms with Gasteiger partial charge < -0.3 is 31.0 Å². The smallest absolute Gasteiger partial charge is 0.326 e. The van der Waals surface area contributed by atoms with Crippen LogP contribution in [0.5, 0.6) is 0 Å². The van der Waals surface area contributed by atoms with Gasteiger partial charge in [-0.3, -0.25) is 14.4 Å². The molecule has 2 rings (SSSR count). The summed E-state index contributed by atoms with van der Waals surface area (Å²) in [6.07, 6.45) is 1.11. The number of ketones is 1. The van der Waals surface area contributed by atoms with Crippen molar-refractivity contribution in [2.24, 2.45) is 0 Å². The van der Waals surface area contributed by atoms with Crippen LogP contribution in [-0.2, 0) is 30.3 Å². The van der Waals surface area contributed by atoms with Crippen molar-refractivity contribution in [1.82, 2.24) is 15.6 Å². The number of aromatic nitrogens is 1. The Kier molecular flexibility index (Phi) is 9.27. The molecule has 0 fully saturated rings. The highest BCUT2D eigenvalue weighted by atomic mass is 16.5. The van der Waals surface area contributed by atoms with Gasteiger partial charge in [0.25, 0.3) is 0 Å². The lowest BCUT2D eigenvalue weighted by Crippen LogP contribution is -2.47. The second-order valence-corrected chi connectivity index (χ2v) is 7.00. The molecule has 2 aromatic rings. The molecule has 0 aliphatic rings. The number of ether oxygens (including phenoxy) is 1. The SMILES string of the molecule is CNC(=O)CCO[C@@H](Cc1c[nH]c2ccccc12)C(=O)N[C@@H](CCC(=O)C=[N+]=[N-])C(=O)O. The van der Waals surface area contributed by atoms with Gasteiger partial charge in [-0.15, -0.1) is 0 Å². The van der Waals surface area contributed by atoms with E-state index in [1.807, 2.05) is 24.3 Å². The normalized spacial score (nSPS) is 12.4. The fraction of sp³-hybridized carbons (Fsp3) is 0.381. The Morgan fingerprint density at radius 2 is 2.00 bits per heavy atom. The molecule has 0 saturated carbocycles. The Bertz CT molecular complexity index is 1030. The van der Waals surface area contributed by atoms with Gasteiger partial charge in [-0.2, -0.15) is 4.79 Å². The van der Waals surface area contributed by atoms with E-state index in [4.69, 9.17) is 10.3 Å². The van der Waals surface area contributed by atoms with Gasteiger partial charge in [0.1, 0.15) is 12.1 Å². The zero-order valence-corrected chi connectivity index (χ0v) is 17.5. The Morgan fingerprint density at radius 3 is 2.69 bits per heavy atom. The first kappa shape index (κ1) is 24.4. The van der Waals surface area contributed by atoms with Gasteiger partial charge in [0.05, 0.1) is 6.61 Å². The number of hydrogen-bond acceptors (Lipinski definition) is 5. The number of amides is 2. The largest absolute Gasteiger partial charge is 0.480 e.